The van der Waals surface area contributed by atoms with Crippen molar-refractivity contribution in [3.63, 3.8) is 0 Å². The van der Waals surface area contributed by atoms with Crippen LogP contribution >= 0.6 is 11.8 Å². The molecule has 1 aliphatic carbocycles. The maximum atomic E-state index is 13.9. The van der Waals surface area contributed by atoms with Crippen LogP contribution < -0.4 is 10.7 Å². The molecule has 2 aromatic rings. The molecule has 2 heterocycles. The molecular weight excluding hydrogens is 482 g/mol. The maximum Gasteiger partial charge on any atom is 0.231 e. The highest BCUT2D eigenvalue weighted by Crippen LogP contribution is 2.42. The highest BCUT2D eigenvalue weighted by Gasteiger charge is 2.53. The van der Waals surface area contributed by atoms with Gasteiger partial charge in [-0.25, -0.2) is 0 Å². The van der Waals surface area contributed by atoms with Gasteiger partial charge in [0.2, 0.25) is 11.8 Å². The molecule has 2 aromatic carbocycles. The van der Waals surface area contributed by atoms with Crippen LogP contribution in [0.3, 0.4) is 0 Å². The van der Waals surface area contributed by atoms with Gasteiger partial charge in [-0.15, -0.1) is 0 Å². The molecule has 196 valence electrons. The van der Waals surface area contributed by atoms with Gasteiger partial charge in [0.25, 0.3) is 0 Å². The van der Waals surface area contributed by atoms with Crippen molar-refractivity contribution >= 4 is 28.7 Å². The zero-order valence-electron chi connectivity index (χ0n) is 22.1. The normalized spacial score (nSPS) is 24.9. The van der Waals surface area contributed by atoms with Crippen LogP contribution in [-0.2, 0) is 21.9 Å². The van der Waals surface area contributed by atoms with Crippen molar-refractivity contribution in [3.05, 3.63) is 70.8 Å². The first kappa shape index (κ1) is 25.6. The summed E-state index contributed by atoms with van der Waals surface area (Å²) < 4.78 is 0. The van der Waals surface area contributed by atoms with Gasteiger partial charge >= 0.3 is 0 Å². The minimum atomic E-state index is -0.346. The molecule has 37 heavy (non-hydrogen) atoms. The molecule has 3 aliphatic rings. The number of benzene rings is 2. The van der Waals surface area contributed by atoms with Crippen molar-refractivity contribution in [2.45, 2.75) is 77.6 Å². The first-order valence-electron chi connectivity index (χ1n) is 13.3. The Balaban J connectivity index is 1.40. The van der Waals surface area contributed by atoms with E-state index in [2.05, 4.69) is 78.0 Å². The SMILES string of the molecule is Cc1ccc(CN2C(=O)C3CCC(C(=O)NC(C)C)CC3N3C(SCc4ccccc4C)=NNC23)cc1. The average Bonchev–Trinajstić information content (AvgIpc) is 3.30. The first-order chi connectivity index (χ1) is 17.8. The van der Waals surface area contributed by atoms with Crippen LogP contribution in [0.25, 0.3) is 0 Å². The molecule has 2 fully saturated rings. The van der Waals surface area contributed by atoms with Crippen LogP contribution in [0.1, 0.15) is 55.4 Å². The summed E-state index contributed by atoms with van der Waals surface area (Å²) in [6, 6.07) is 16.8. The second-order valence-electron chi connectivity index (χ2n) is 10.8. The summed E-state index contributed by atoms with van der Waals surface area (Å²) in [7, 11) is 0. The maximum absolute atomic E-state index is 13.9. The lowest BCUT2D eigenvalue weighted by Crippen LogP contribution is -2.67. The zero-order valence-corrected chi connectivity index (χ0v) is 22.9. The number of hydrazone groups is 1. The predicted octanol–water partition coefficient (Wildman–Crippen LogP) is 4.35. The highest BCUT2D eigenvalue weighted by molar-refractivity contribution is 8.13. The Kier molecular flexibility index (Phi) is 7.47. The van der Waals surface area contributed by atoms with Crippen LogP contribution in [0.4, 0.5) is 0 Å². The van der Waals surface area contributed by atoms with E-state index in [0.717, 1.165) is 22.9 Å². The van der Waals surface area contributed by atoms with E-state index in [4.69, 9.17) is 5.10 Å². The number of fused-ring (bicyclic) bond motifs is 3. The van der Waals surface area contributed by atoms with E-state index in [1.165, 1.54) is 16.7 Å². The summed E-state index contributed by atoms with van der Waals surface area (Å²) in [5.74, 6) is 0.815. The monoisotopic (exact) mass is 519 g/mol. The van der Waals surface area contributed by atoms with E-state index in [0.29, 0.717) is 19.4 Å². The summed E-state index contributed by atoms with van der Waals surface area (Å²) >= 11 is 1.70. The molecule has 4 unspecified atom stereocenters. The number of aryl methyl sites for hydroxylation is 2. The highest BCUT2D eigenvalue weighted by atomic mass is 32.2. The molecule has 5 rings (SSSR count). The third-order valence-corrected chi connectivity index (χ3v) is 8.74. The molecule has 0 aromatic heterocycles. The van der Waals surface area contributed by atoms with Gasteiger partial charge in [-0.2, -0.15) is 5.10 Å². The van der Waals surface area contributed by atoms with E-state index in [1.807, 2.05) is 18.7 Å². The van der Waals surface area contributed by atoms with Crippen LogP contribution in [0.2, 0.25) is 0 Å². The van der Waals surface area contributed by atoms with Crippen LogP contribution in [0.5, 0.6) is 0 Å². The van der Waals surface area contributed by atoms with Crippen molar-refractivity contribution in [1.82, 2.24) is 20.5 Å². The fraction of sp³-hybridized carbons (Fsp3) is 0.483. The van der Waals surface area contributed by atoms with Crippen LogP contribution in [-0.4, -0.2) is 45.2 Å². The van der Waals surface area contributed by atoms with Crippen molar-refractivity contribution < 1.29 is 9.59 Å². The number of carbonyl (C=O) groups is 2. The third kappa shape index (κ3) is 5.35. The Morgan fingerprint density at radius 1 is 1.14 bits per heavy atom. The van der Waals surface area contributed by atoms with E-state index in [-0.39, 0.29) is 42.0 Å². The molecule has 8 heteroatoms. The summed E-state index contributed by atoms with van der Waals surface area (Å²) in [6.07, 6.45) is 1.76. The van der Waals surface area contributed by atoms with Crippen molar-refractivity contribution in [1.29, 1.82) is 0 Å². The number of hydrogen-bond donors (Lipinski definition) is 2. The fourth-order valence-corrected chi connectivity index (χ4v) is 6.78. The third-order valence-electron chi connectivity index (χ3n) is 7.72. The second kappa shape index (κ2) is 10.8. The van der Waals surface area contributed by atoms with Gasteiger partial charge in [0.05, 0.1) is 5.92 Å². The van der Waals surface area contributed by atoms with Gasteiger partial charge in [0.15, 0.2) is 11.5 Å². The van der Waals surface area contributed by atoms with Crippen molar-refractivity contribution in [2.24, 2.45) is 16.9 Å². The zero-order chi connectivity index (χ0) is 26.1. The average molecular weight is 520 g/mol. The molecule has 2 aliphatic heterocycles. The molecule has 4 atom stereocenters. The minimum Gasteiger partial charge on any atom is -0.354 e. The molecule has 2 N–H and O–H groups in total. The number of rotatable bonds is 6. The minimum absolute atomic E-state index is 0.0541. The molecule has 7 nitrogen and oxygen atoms in total. The number of nitrogens with one attached hydrogen (secondary N) is 2. The largest absolute Gasteiger partial charge is 0.354 e. The van der Waals surface area contributed by atoms with E-state index >= 15 is 0 Å². The number of nitrogens with zero attached hydrogens (tertiary/aromatic N) is 3. The number of amides is 2. The first-order valence-corrected chi connectivity index (χ1v) is 14.3. The number of carbonyl (C=O) groups excluding carboxylic acids is 2. The molecule has 2 amide bonds. The lowest BCUT2D eigenvalue weighted by Gasteiger charge is -2.51. The van der Waals surface area contributed by atoms with Gasteiger partial charge in [0.1, 0.15) is 0 Å². The number of amidine groups is 1. The second-order valence-corrected chi connectivity index (χ2v) is 11.8. The lowest BCUT2D eigenvalue weighted by molar-refractivity contribution is -0.159. The summed E-state index contributed by atoms with van der Waals surface area (Å²) in [4.78, 5) is 31.0. The molecular formula is C29H37N5O2S. The Morgan fingerprint density at radius 3 is 2.62 bits per heavy atom. The molecule has 0 spiro atoms. The predicted molar refractivity (Wildman–Crippen MR) is 148 cm³/mol. The van der Waals surface area contributed by atoms with Gasteiger partial charge in [0, 0.05) is 30.3 Å². The molecule has 0 bridgehead atoms. The number of hydrogen-bond acceptors (Lipinski definition) is 6. The summed E-state index contributed by atoms with van der Waals surface area (Å²) in [5.41, 5.74) is 8.11. The molecule has 1 saturated heterocycles. The van der Waals surface area contributed by atoms with Gasteiger partial charge < -0.3 is 10.2 Å². The van der Waals surface area contributed by atoms with Crippen LogP contribution in [0.15, 0.2) is 53.6 Å². The van der Waals surface area contributed by atoms with Gasteiger partial charge in [-0.1, -0.05) is 65.9 Å². The topological polar surface area (TPSA) is 77.0 Å². The van der Waals surface area contributed by atoms with E-state index in [1.54, 1.807) is 11.8 Å². The number of thioether (sulfide) groups is 1. The summed E-state index contributed by atoms with van der Waals surface area (Å²) in [6.45, 7) is 8.71. The quantitative estimate of drug-likeness (QED) is 0.594. The van der Waals surface area contributed by atoms with E-state index < -0.39 is 0 Å². The lowest BCUT2D eigenvalue weighted by atomic mass is 9.75. The van der Waals surface area contributed by atoms with Crippen molar-refractivity contribution in [3.8, 4) is 0 Å². The van der Waals surface area contributed by atoms with Gasteiger partial charge in [-0.05, 0) is 63.6 Å². The molecule has 0 radical (unpaired) electrons. The van der Waals surface area contributed by atoms with Crippen molar-refractivity contribution in [2.75, 3.05) is 0 Å². The Labute approximate surface area is 224 Å². The Morgan fingerprint density at radius 2 is 1.89 bits per heavy atom. The van der Waals surface area contributed by atoms with E-state index in [9.17, 15) is 9.59 Å². The smallest absolute Gasteiger partial charge is 0.231 e. The van der Waals surface area contributed by atoms with Gasteiger partial charge in [-0.3, -0.25) is 19.9 Å². The molecule has 1 saturated carbocycles. The Bertz CT molecular complexity index is 1180. The van der Waals surface area contributed by atoms with Crippen LogP contribution in [0, 0.1) is 25.7 Å². The summed E-state index contributed by atoms with van der Waals surface area (Å²) in [5, 5.41) is 8.72. The Hall–Kier alpha value is -3.00. The fourth-order valence-electron chi connectivity index (χ4n) is 5.67. The standard InChI is InChI=1S/C29H37N5O2S/c1-18(2)30-26(35)22-13-14-24-25(15-22)34-28(33(27(24)36)16-21-11-9-19(3)10-12-21)31-32-29(34)37-17-23-8-6-5-7-20(23)4/h5-12,18,22,24-25,28,31H,13-17H2,1-4H3,(H,30,35).